The first-order valence-corrected chi connectivity index (χ1v) is 14.0. The fraction of sp³-hybridized carbons (Fsp3) is 0.440. The number of ether oxygens (including phenoxy) is 3. The summed E-state index contributed by atoms with van der Waals surface area (Å²) in [7, 11) is -3.44. The van der Waals surface area contributed by atoms with Gasteiger partial charge in [-0.05, 0) is 45.9 Å². The van der Waals surface area contributed by atoms with Crippen molar-refractivity contribution in [1.82, 2.24) is 19.5 Å². The number of anilines is 1. The minimum atomic E-state index is -3.44. The van der Waals surface area contributed by atoms with E-state index in [0.29, 0.717) is 16.7 Å². The molecule has 0 radical (unpaired) electrons. The Morgan fingerprint density at radius 1 is 1.11 bits per heavy atom. The first kappa shape index (κ1) is 26.6. The van der Waals surface area contributed by atoms with Gasteiger partial charge in [-0.1, -0.05) is 18.2 Å². The zero-order chi connectivity index (χ0) is 26.9. The standard InChI is InChI=1S/C25H30N5O7P/c1-5-33-38(32,34-6-2)13-12-17-19-20(37-25(3,4)36-19)24(35-17)30-15-28-18-21(26-14-27-22(18)30)29-23(31)16-10-8-7-9-11-16/h7-15,17,19-20,24H,5-6H2,1-4H3,(H,26,27,29,31)/t17-,19-,20-,24-/m1/s1. The maximum Gasteiger partial charge on any atom is 0.353 e. The fourth-order valence-electron chi connectivity index (χ4n) is 4.56. The van der Waals surface area contributed by atoms with Crippen molar-refractivity contribution in [2.45, 2.75) is 58.0 Å². The molecule has 3 aromatic rings. The highest BCUT2D eigenvalue weighted by atomic mass is 31.2. The Hall–Kier alpha value is -2.99. The molecular weight excluding hydrogens is 513 g/mol. The lowest BCUT2D eigenvalue weighted by Gasteiger charge is -2.24. The van der Waals surface area contributed by atoms with E-state index >= 15 is 0 Å². The van der Waals surface area contributed by atoms with Crippen LogP contribution in [0.1, 0.15) is 44.3 Å². The van der Waals surface area contributed by atoms with E-state index in [-0.39, 0.29) is 24.9 Å². The van der Waals surface area contributed by atoms with Gasteiger partial charge in [-0.15, -0.1) is 0 Å². The number of amides is 1. The fourth-order valence-corrected chi connectivity index (χ4v) is 5.91. The molecule has 0 spiro atoms. The Labute approximate surface area is 219 Å². The van der Waals surface area contributed by atoms with Crippen molar-refractivity contribution in [3.8, 4) is 0 Å². The molecule has 0 saturated carbocycles. The molecule has 1 N–H and O–H groups in total. The van der Waals surface area contributed by atoms with Gasteiger partial charge in [-0.25, -0.2) is 15.0 Å². The Morgan fingerprint density at radius 3 is 2.53 bits per heavy atom. The lowest BCUT2D eigenvalue weighted by molar-refractivity contribution is -0.191. The highest BCUT2D eigenvalue weighted by molar-refractivity contribution is 7.57. The predicted octanol–water partition coefficient (Wildman–Crippen LogP) is 4.28. The normalized spacial score (nSPS) is 24.7. The van der Waals surface area contributed by atoms with Crippen LogP contribution in [-0.2, 0) is 27.8 Å². The van der Waals surface area contributed by atoms with E-state index in [0.717, 1.165) is 0 Å². The van der Waals surface area contributed by atoms with Crippen LogP contribution >= 0.6 is 7.60 Å². The number of aromatic nitrogens is 4. The van der Waals surface area contributed by atoms with Gasteiger partial charge in [-0.2, -0.15) is 0 Å². The summed E-state index contributed by atoms with van der Waals surface area (Å²) in [5.74, 6) is 0.494. The number of hydrogen-bond acceptors (Lipinski definition) is 10. The Balaban J connectivity index is 1.44. The van der Waals surface area contributed by atoms with Crippen LogP contribution in [0.25, 0.3) is 11.2 Å². The van der Waals surface area contributed by atoms with Crippen molar-refractivity contribution in [3.63, 3.8) is 0 Å². The molecule has 2 aliphatic heterocycles. The van der Waals surface area contributed by atoms with E-state index in [4.69, 9.17) is 23.3 Å². The first-order chi connectivity index (χ1) is 18.2. The second-order valence-electron chi connectivity index (χ2n) is 9.14. The van der Waals surface area contributed by atoms with Gasteiger partial charge in [0.2, 0.25) is 0 Å². The summed E-state index contributed by atoms with van der Waals surface area (Å²) in [6, 6.07) is 8.82. The van der Waals surface area contributed by atoms with Crippen molar-refractivity contribution >= 4 is 30.5 Å². The summed E-state index contributed by atoms with van der Waals surface area (Å²) in [5, 5.41) is 2.80. The lowest BCUT2D eigenvalue weighted by Crippen LogP contribution is -2.28. The zero-order valence-corrected chi connectivity index (χ0v) is 22.4. The highest BCUT2D eigenvalue weighted by Crippen LogP contribution is 2.51. The molecule has 1 aromatic carbocycles. The summed E-state index contributed by atoms with van der Waals surface area (Å²) in [6.07, 6.45) is 2.23. The number of nitrogens with zero attached hydrogens (tertiary/aromatic N) is 4. The van der Waals surface area contributed by atoms with E-state index in [1.807, 2.05) is 19.9 Å². The number of hydrogen-bond donors (Lipinski definition) is 1. The van der Waals surface area contributed by atoms with Crippen LogP contribution in [0.5, 0.6) is 0 Å². The Kier molecular flexibility index (Phi) is 7.45. The molecule has 4 atom stereocenters. The maximum absolute atomic E-state index is 13.0. The molecule has 0 bridgehead atoms. The third kappa shape index (κ3) is 5.28. The quantitative estimate of drug-likeness (QED) is 0.390. The van der Waals surface area contributed by atoms with Gasteiger partial charge in [0.25, 0.3) is 5.91 Å². The Bertz CT molecular complexity index is 1370. The number of nitrogens with one attached hydrogen (secondary N) is 1. The average Bonchev–Trinajstić information content (AvgIpc) is 3.55. The molecule has 202 valence electrons. The van der Waals surface area contributed by atoms with Crippen LogP contribution in [0.4, 0.5) is 5.82 Å². The molecule has 2 aliphatic rings. The molecule has 2 saturated heterocycles. The lowest BCUT2D eigenvalue weighted by atomic mass is 10.1. The van der Waals surface area contributed by atoms with E-state index in [1.165, 1.54) is 12.1 Å². The molecule has 2 aromatic heterocycles. The van der Waals surface area contributed by atoms with Gasteiger partial charge in [0, 0.05) is 11.4 Å². The zero-order valence-electron chi connectivity index (χ0n) is 21.5. The number of fused-ring (bicyclic) bond motifs is 2. The summed E-state index contributed by atoms with van der Waals surface area (Å²) in [6.45, 7) is 7.60. The minimum absolute atomic E-state index is 0.234. The van der Waals surface area contributed by atoms with E-state index in [9.17, 15) is 9.36 Å². The molecule has 4 heterocycles. The first-order valence-electron chi connectivity index (χ1n) is 12.4. The number of imidazole rings is 1. The molecule has 13 heteroatoms. The van der Waals surface area contributed by atoms with Gasteiger partial charge >= 0.3 is 7.60 Å². The molecular formula is C25H30N5O7P. The summed E-state index contributed by atoms with van der Waals surface area (Å²) in [5.41, 5.74) is 1.33. The van der Waals surface area contributed by atoms with Crippen molar-refractivity contribution < 1.29 is 32.6 Å². The smallest absolute Gasteiger partial charge is 0.345 e. The van der Waals surface area contributed by atoms with E-state index < -0.39 is 37.9 Å². The van der Waals surface area contributed by atoms with Crippen molar-refractivity contribution in [1.29, 1.82) is 0 Å². The minimum Gasteiger partial charge on any atom is -0.345 e. The third-order valence-corrected chi connectivity index (χ3v) is 7.82. The van der Waals surface area contributed by atoms with Crippen LogP contribution in [0, 0.1) is 0 Å². The van der Waals surface area contributed by atoms with Gasteiger partial charge in [0.05, 0.1) is 19.5 Å². The second kappa shape index (κ2) is 10.6. The van der Waals surface area contributed by atoms with Gasteiger partial charge < -0.3 is 28.6 Å². The van der Waals surface area contributed by atoms with Gasteiger partial charge in [0.1, 0.15) is 24.6 Å². The van der Waals surface area contributed by atoms with Crippen LogP contribution in [0.3, 0.4) is 0 Å². The monoisotopic (exact) mass is 543 g/mol. The number of carbonyl (C=O) groups excluding carboxylic acids is 1. The van der Waals surface area contributed by atoms with Crippen LogP contribution in [0.2, 0.25) is 0 Å². The van der Waals surface area contributed by atoms with Crippen molar-refractivity contribution in [2.24, 2.45) is 0 Å². The third-order valence-electron chi connectivity index (χ3n) is 6.04. The SMILES string of the molecule is CCOP(=O)(C=C[C@H]1O[C@@H](n2cnc3c(NC(=O)c4ccccc4)ncnc32)[C@@H]2OC(C)(C)O[C@@H]21)OCC. The van der Waals surface area contributed by atoms with Crippen molar-refractivity contribution in [2.75, 3.05) is 18.5 Å². The predicted molar refractivity (Wildman–Crippen MR) is 137 cm³/mol. The number of benzene rings is 1. The van der Waals surface area contributed by atoms with Gasteiger partial charge in [0.15, 0.2) is 29.0 Å². The average molecular weight is 544 g/mol. The highest BCUT2D eigenvalue weighted by Gasteiger charge is 2.55. The van der Waals surface area contributed by atoms with Crippen LogP contribution in [-0.4, -0.2) is 62.7 Å². The molecule has 12 nitrogen and oxygen atoms in total. The largest absolute Gasteiger partial charge is 0.353 e. The van der Waals surface area contributed by atoms with E-state index in [2.05, 4.69) is 20.3 Å². The second-order valence-corrected chi connectivity index (χ2v) is 11.0. The summed E-state index contributed by atoms with van der Waals surface area (Å²) >= 11 is 0. The molecule has 5 rings (SSSR count). The molecule has 2 fully saturated rings. The number of carbonyl (C=O) groups is 1. The van der Waals surface area contributed by atoms with Crippen LogP contribution < -0.4 is 5.32 Å². The molecule has 0 unspecified atom stereocenters. The van der Waals surface area contributed by atoms with Gasteiger partial charge in [-0.3, -0.25) is 13.9 Å². The maximum atomic E-state index is 13.0. The summed E-state index contributed by atoms with van der Waals surface area (Å²) in [4.78, 5) is 25.8. The van der Waals surface area contributed by atoms with Crippen LogP contribution in [0.15, 0.2) is 54.9 Å². The molecule has 38 heavy (non-hydrogen) atoms. The molecule has 0 aliphatic carbocycles. The molecule has 1 amide bonds. The number of rotatable bonds is 9. The topological polar surface area (TPSA) is 136 Å². The van der Waals surface area contributed by atoms with E-state index in [1.54, 1.807) is 55.1 Å². The summed E-state index contributed by atoms with van der Waals surface area (Å²) < 4.78 is 44.1. The Morgan fingerprint density at radius 2 is 1.82 bits per heavy atom. The van der Waals surface area contributed by atoms with Crippen molar-refractivity contribution in [3.05, 3.63) is 60.4 Å².